The lowest BCUT2D eigenvalue weighted by molar-refractivity contribution is -0.0820. The minimum absolute atomic E-state index is 0.197. The molecule has 9 heteroatoms. The molecular weight excluding hydrogens is 237 g/mol. The van der Waals surface area contributed by atoms with Gasteiger partial charge in [-0.25, -0.2) is 0 Å². The first kappa shape index (κ1) is 11.7. The molecule has 1 rings (SSSR count). The van der Waals surface area contributed by atoms with E-state index in [1.54, 1.807) is 0 Å². The first-order valence-corrected chi connectivity index (χ1v) is 4.91. The summed E-state index contributed by atoms with van der Waals surface area (Å²) in [5, 5.41) is 3.45. The number of hydroxylamine groups is 1. The minimum atomic E-state index is -5.68. The predicted octanol–water partition coefficient (Wildman–Crippen LogP) is 1.14. The second-order valence-electron chi connectivity index (χ2n) is 2.27. The zero-order valence-electron chi connectivity index (χ0n) is 7.05. The molecule has 0 atom stereocenters. The van der Waals surface area contributed by atoms with Crippen molar-refractivity contribution in [1.82, 2.24) is 5.17 Å². The first-order valence-electron chi connectivity index (χ1n) is 3.50. The summed E-state index contributed by atoms with van der Waals surface area (Å²) in [5.41, 5.74) is -5.48. The van der Waals surface area contributed by atoms with Crippen LogP contribution in [0.4, 0.5) is 13.2 Å². The number of halogens is 3. The van der Waals surface area contributed by atoms with Crippen molar-refractivity contribution in [3.63, 3.8) is 0 Å². The van der Waals surface area contributed by atoms with Gasteiger partial charge in [0.15, 0.2) is 0 Å². The van der Waals surface area contributed by atoms with Gasteiger partial charge in [-0.1, -0.05) is 6.08 Å². The van der Waals surface area contributed by atoms with Gasteiger partial charge in [-0.2, -0.15) is 26.7 Å². The van der Waals surface area contributed by atoms with Gasteiger partial charge in [-0.3, -0.25) is 0 Å². The fourth-order valence-corrected chi connectivity index (χ4v) is 0.940. The molecule has 0 aromatic heterocycles. The minimum Gasteiger partial charge on any atom is -0.188 e. The number of hydrogen-bond acceptors (Lipinski definition) is 5. The third kappa shape index (κ3) is 3.06. The topological polar surface area (TPSA) is 59.0 Å². The van der Waals surface area contributed by atoms with Gasteiger partial charge in [0.2, 0.25) is 0 Å². The summed E-state index contributed by atoms with van der Waals surface area (Å²) in [5.74, 6) is 0. The van der Waals surface area contributed by atoms with Gasteiger partial charge in [0.25, 0.3) is 0 Å². The second-order valence-corrected chi connectivity index (χ2v) is 3.79. The quantitative estimate of drug-likeness (QED) is 0.681. The Morgan fingerprint density at radius 1 is 1.20 bits per heavy atom. The molecule has 0 bridgehead atoms. The van der Waals surface area contributed by atoms with Gasteiger partial charge >= 0.3 is 15.6 Å². The number of rotatable bonds is 2. The summed E-state index contributed by atoms with van der Waals surface area (Å²) >= 11 is 0. The Morgan fingerprint density at radius 3 is 2.47 bits per heavy atom. The first-order chi connectivity index (χ1) is 6.83. The Morgan fingerprint density at radius 2 is 1.87 bits per heavy atom. The molecule has 0 fully saturated rings. The van der Waals surface area contributed by atoms with Gasteiger partial charge in [0.05, 0.1) is 6.20 Å². The van der Waals surface area contributed by atoms with Crippen LogP contribution in [0.3, 0.4) is 0 Å². The number of hydrogen-bond donors (Lipinski definition) is 0. The average Bonchev–Trinajstić information content (AvgIpc) is 2.30. The Hall–Kier alpha value is -1.35. The van der Waals surface area contributed by atoms with Crippen LogP contribution in [0.1, 0.15) is 0 Å². The molecule has 0 N–H and O–H groups in total. The van der Waals surface area contributed by atoms with E-state index in [2.05, 4.69) is 9.39 Å². The molecule has 15 heavy (non-hydrogen) atoms. The fourth-order valence-electron chi connectivity index (χ4n) is 0.567. The maximum atomic E-state index is 11.9. The van der Waals surface area contributed by atoms with E-state index in [-0.39, 0.29) is 5.17 Å². The van der Waals surface area contributed by atoms with Crippen LogP contribution in [-0.4, -0.2) is 25.3 Å². The highest BCUT2D eigenvalue weighted by Crippen LogP contribution is 2.25. The van der Waals surface area contributed by atoms with Crippen LogP contribution in [0.15, 0.2) is 29.5 Å². The number of hydrazone groups is 1. The lowest BCUT2D eigenvalue weighted by Crippen LogP contribution is -2.30. The third-order valence-corrected chi connectivity index (χ3v) is 2.08. The van der Waals surface area contributed by atoms with E-state index >= 15 is 0 Å². The molecular formula is C6H5F3N2O3S. The molecule has 1 aliphatic heterocycles. The molecule has 0 unspecified atom stereocenters. The van der Waals surface area contributed by atoms with Crippen molar-refractivity contribution in [2.75, 3.05) is 0 Å². The monoisotopic (exact) mass is 242 g/mol. The molecule has 0 aliphatic carbocycles. The van der Waals surface area contributed by atoms with Crippen LogP contribution in [0, 0.1) is 0 Å². The average molecular weight is 242 g/mol. The number of allylic oxidation sites excluding steroid dienone is 3. The smallest absolute Gasteiger partial charge is 0.188 e. The van der Waals surface area contributed by atoms with Crippen molar-refractivity contribution in [3.05, 3.63) is 24.4 Å². The van der Waals surface area contributed by atoms with E-state index < -0.39 is 15.6 Å². The molecule has 5 nitrogen and oxygen atoms in total. The molecule has 0 radical (unpaired) electrons. The molecule has 0 saturated carbocycles. The third-order valence-electron chi connectivity index (χ3n) is 1.16. The standard InChI is InChI=1S/C6H5F3N2O3S/c7-6(8,9)15(12,13)14-11-5-3-1-2-4-10-11/h1-5H. The summed E-state index contributed by atoms with van der Waals surface area (Å²) in [6.45, 7) is 0. The van der Waals surface area contributed by atoms with Crippen molar-refractivity contribution >= 4 is 16.3 Å². The Balaban J connectivity index is 2.79. The molecule has 84 valence electrons. The molecule has 1 aliphatic rings. The molecule has 0 amide bonds. The highest BCUT2D eigenvalue weighted by atomic mass is 32.2. The summed E-state index contributed by atoms with van der Waals surface area (Å²) in [6.07, 6.45) is 6.08. The second kappa shape index (κ2) is 4.03. The van der Waals surface area contributed by atoms with Crippen molar-refractivity contribution in [1.29, 1.82) is 0 Å². The van der Waals surface area contributed by atoms with Crippen LogP contribution in [0.25, 0.3) is 0 Å². The van der Waals surface area contributed by atoms with E-state index in [1.165, 1.54) is 18.2 Å². The van der Waals surface area contributed by atoms with Gasteiger partial charge in [-0.05, 0) is 12.2 Å². The lowest BCUT2D eigenvalue weighted by atomic mass is 10.5. The molecule has 0 saturated heterocycles. The molecule has 1 heterocycles. The van der Waals surface area contributed by atoms with Crippen LogP contribution in [0.2, 0.25) is 0 Å². The molecule has 0 aromatic rings. The van der Waals surface area contributed by atoms with Crippen LogP contribution < -0.4 is 0 Å². The molecule has 0 spiro atoms. The van der Waals surface area contributed by atoms with Crippen molar-refractivity contribution < 1.29 is 25.9 Å². The summed E-state index contributed by atoms with van der Waals surface area (Å²) in [4.78, 5) is 0. The SMILES string of the molecule is O=S(=O)(ON1C=CC=CC=N1)C(F)(F)F. The van der Waals surface area contributed by atoms with Crippen LogP contribution in [0.5, 0.6) is 0 Å². The Bertz CT molecular complexity index is 394. The predicted molar refractivity (Wildman–Crippen MR) is 44.7 cm³/mol. The van der Waals surface area contributed by atoms with Crippen molar-refractivity contribution in [2.24, 2.45) is 5.10 Å². The van der Waals surface area contributed by atoms with E-state index in [4.69, 9.17) is 0 Å². The van der Waals surface area contributed by atoms with Crippen molar-refractivity contribution in [3.8, 4) is 0 Å². The largest absolute Gasteiger partial charge is 0.525 e. The highest BCUT2D eigenvalue weighted by molar-refractivity contribution is 7.87. The summed E-state index contributed by atoms with van der Waals surface area (Å²) in [6, 6.07) is 0. The number of nitrogens with zero attached hydrogens (tertiary/aromatic N) is 2. The lowest BCUT2D eigenvalue weighted by Gasteiger charge is -2.13. The van der Waals surface area contributed by atoms with E-state index in [0.29, 0.717) is 0 Å². The van der Waals surface area contributed by atoms with E-state index in [0.717, 1.165) is 12.4 Å². The Labute approximate surface area is 83.2 Å². The van der Waals surface area contributed by atoms with Crippen LogP contribution in [-0.2, 0) is 14.4 Å². The molecule has 0 aromatic carbocycles. The zero-order valence-corrected chi connectivity index (χ0v) is 7.86. The maximum absolute atomic E-state index is 11.9. The van der Waals surface area contributed by atoms with Gasteiger partial charge in [0, 0.05) is 6.21 Å². The Kier molecular flexibility index (Phi) is 3.15. The van der Waals surface area contributed by atoms with Crippen molar-refractivity contribution in [2.45, 2.75) is 5.51 Å². The maximum Gasteiger partial charge on any atom is 0.525 e. The van der Waals surface area contributed by atoms with Gasteiger partial charge < -0.3 is 0 Å². The van der Waals surface area contributed by atoms with E-state index in [9.17, 15) is 21.6 Å². The zero-order chi connectivity index (χ0) is 11.5. The summed E-state index contributed by atoms with van der Waals surface area (Å²) < 4.78 is 60.3. The summed E-state index contributed by atoms with van der Waals surface area (Å²) in [7, 11) is -5.68. The van der Waals surface area contributed by atoms with Crippen LogP contribution >= 0.6 is 0 Å². The van der Waals surface area contributed by atoms with Gasteiger partial charge in [0.1, 0.15) is 0 Å². The fraction of sp³-hybridized carbons (Fsp3) is 0.167. The normalized spacial score (nSPS) is 16.9. The van der Waals surface area contributed by atoms with E-state index in [1.807, 2.05) is 0 Å². The van der Waals surface area contributed by atoms with Gasteiger partial charge in [-0.15, -0.1) is 9.46 Å². The highest BCUT2D eigenvalue weighted by Gasteiger charge is 2.49. The number of alkyl halides is 3.